The van der Waals surface area contributed by atoms with Gasteiger partial charge in [0.25, 0.3) is 12.3 Å². The van der Waals surface area contributed by atoms with Gasteiger partial charge in [-0.15, -0.1) is 0 Å². The molecule has 0 aromatic heterocycles. The maximum absolute atomic E-state index is 13.3. The Morgan fingerprint density at radius 2 is 1.86 bits per heavy atom. The van der Waals surface area contributed by atoms with Crippen LogP contribution in [-0.2, 0) is 11.2 Å². The number of imide groups is 1. The van der Waals surface area contributed by atoms with Crippen molar-refractivity contribution in [2.24, 2.45) is 0 Å². The Labute approximate surface area is 119 Å². The summed E-state index contributed by atoms with van der Waals surface area (Å²) in [5.41, 5.74) is -1.86. The van der Waals surface area contributed by atoms with Crippen LogP contribution in [0.1, 0.15) is 5.56 Å². The number of carbonyl (C=O) groups excluding carboxylic acids is 2. The van der Waals surface area contributed by atoms with Gasteiger partial charge in [0.05, 0.1) is 14.2 Å². The normalized spacial score (nSPS) is 21.2. The maximum atomic E-state index is 13.3. The molecule has 6 nitrogen and oxygen atoms in total. The van der Waals surface area contributed by atoms with Gasteiger partial charge in [-0.3, -0.25) is 10.1 Å². The molecule has 0 bridgehead atoms. The Balaban J connectivity index is 2.34. The Bertz CT molecular complexity index is 579. The topological polar surface area (TPSA) is 76.7 Å². The molecular weight excluding hydrogens is 286 g/mol. The number of hydrogen-bond donors (Lipinski definition) is 2. The number of urea groups is 1. The first-order valence-corrected chi connectivity index (χ1v) is 6.05. The van der Waals surface area contributed by atoms with Crippen LogP contribution in [0.5, 0.6) is 11.5 Å². The lowest BCUT2D eigenvalue weighted by Gasteiger charge is -2.25. The van der Waals surface area contributed by atoms with E-state index in [1.807, 2.05) is 10.6 Å². The number of hydrogen-bond acceptors (Lipinski definition) is 4. The van der Waals surface area contributed by atoms with Gasteiger partial charge in [-0.2, -0.15) is 0 Å². The van der Waals surface area contributed by atoms with Crippen molar-refractivity contribution in [1.82, 2.24) is 10.6 Å². The van der Waals surface area contributed by atoms with Crippen LogP contribution in [0.3, 0.4) is 0 Å². The monoisotopic (exact) mass is 300 g/mol. The minimum Gasteiger partial charge on any atom is -0.493 e. The van der Waals surface area contributed by atoms with Crippen molar-refractivity contribution in [3.05, 3.63) is 23.8 Å². The van der Waals surface area contributed by atoms with Crippen LogP contribution in [0.25, 0.3) is 0 Å². The number of benzene rings is 1. The van der Waals surface area contributed by atoms with Crippen molar-refractivity contribution in [3.8, 4) is 11.5 Å². The van der Waals surface area contributed by atoms with E-state index in [0.29, 0.717) is 17.1 Å². The van der Waals surface area contributed by atoms with E-state index < -0.39 is 23.9 Å². The van der Waals surface area contributed by atoms with E-state index in [1.54, 1.807) is 6.07 Å². The lowest BCUT2D eigenvalue weighted by atomic mass is 9.91. The second kappa shape index (κ2) is 5.55. The third-order valence-corrected chi connectivity index (χ3v) is 3.27. The second-order valence-electron chi connectivity index (χ2n) is 4.55. The second-order valence-corrected chi connectivity index (χ2v) is 4.55. The Hall–Kier alpha value is -2.38. The highest BCUT2D eigenvalue weighted by Gasteiger charge is 2.53. The van der Waals surface area contributed by atoms with Gasteiger partial charge < -0.3 is 14.8 Å². The quantitative estimate of drug-likeness (QED) is 0.798. The third-order valence-electron chi connectivity index (χ3n) is 3.27. The van der Waals surface area contributed by atoms with Gasteiger partial charge in [0.1, 0.15) is 0 Å². The number of methoxy groups -OCH3 is 2. The average Bonchev–Trinajstić information content (AvgIpc) is 2.74. The molecule has 0 aliphatic carbocycles. The van der Waals surface area contributed by atoms with Crippen LogP contribution in [0.4, 0.5) is 13.6 Å². The number of nitrogens with one attached hydrogen (secondary N) is 2. The summed E-state index contributed by atoms with van der Waals surface area (Å²) >= 11 is 0. The van der Waals surface area contributed by atoms with Gasteiger partial charge in [0.15, 0.2) is 17.0 Å². The van der Waals surface area contributed by atoms with Crippen LogP contribution in [0, 0.1) is 0 Å². The van der Waals surface area contributed by atoms with Crippen molar-refractivity contribution in [3.63, 3.8) is 0 Å². The van der Waals surface area contributed by atoms with Crippen LogP contribution in [0.15, 0.2) is 18.2 Å². The minimum atomic E-state index is -3.04. The summed E-state index contributed by atoms with van der Waals surface area (Å²) in [6.07, 6.45) is -3.40. The van der Waals surface area contributed by atoms with Crippen LogP contribution in [-0.4, -0.2) is 38.1 Å². The fourth-order valence-corrected chi connectivity index (χ4v) is 2.17. The number of rotatable bonds is 5. The predicted octanol–water partition coefficient (Wildman–Crippen LogP) is 1.09. The van der Waals surface area contributed by atoms with Crippen molar-refractivity contribution >= 4 is 11.9 Å². The molecule has 114 valence electrons. The van der Waals surface area contributed by atoms with Gasteiger partial charge in [0, 0.05) is 6.42 Å². The zero-order valence-electron chi connectivity index (χ0n) is 11.4. The van der Waals surface area contributed by atoms with E-state index in [9.17, 15) is 18.4 Å². The molecule has 2 N–H and O–H groups in total. The number of halogens is 2. The number of amides is 3. The van der Waals surface area contributed by atoms with Gasteiger partial charge in [-0.25, -0.2) is 13.6 Å². The number of ether oxygens (including phenoxy) is 2. The summed E-state index contributed by atoms with van der Waals surface area (Å²) in [5, 5.41) is 3.85. The lowest BCUT2D eigenvalue weighted by molar-refractivity contribution is -0.129. The molecule has 1 saturated heterocycles. The van der Waals surface area contributed by atoms with E-state index in [4.69, 9.17) is 9.47 Å². The zero-order valence-corrected chi connectivity index (χ0v) is 11.4. The first-order chi connectivity index (χ1) is 9.92. The summed E-state index contributed by atoms with van der Waals surface area (Å²) in [6.45, 7) is 0. The fraction of sp³-hybridized carbons (Fsp3) is 0.385. The molecule has 1 aromatic rings. The van der Waals surface area contributed by atoms with Crippen LogP contribution >= 0.6 is 0 Å². The largest absolute Gasteiger partial charge is 0.493 e. The summed E-state index contributed by atoms with van der Waals surface area (Å²) < 4.78 is 36.7. The first-order valence-electron chi connectivity index (χ1n) is 6.05. The summed E-state index contributed by atoms with van der Waals surface area (Å²) in [6, 6.07) is 3.63. The van der Waals surface area contributed by atoms with Crippen molar-refractivity contribution in [2.45, 2.75) is 18.4 Å². The van der Waals surface area contributed by atoms with E-state index in [0.717, 1.165) is 0 Å². The van der Waals surface area contributed by atoms with Crippen molar-refractivity contribution < 1.29 is 27.8 Å². The van der Waals surface area contributed by atoms with Gasteiger partial charge >= 0.3 is 6.03 Å². The molecule has 1 unspecified atom stereocenters. The molecule has 21 heavy (non-hydrogen) atoms. The molecule has 1 heterocycles. The van der Waals surface area contributed by atoms with Crippen molar-refractivity contribution in [2.75, 3.05) is 14.2 Å². The SMILES string of the molecule is COc1ccc(CC2(C(F)F)NC(=O)NC2=O)cc1OC. The molecule has 1 atom stereocenters. The fourth-order valence-electron chi connectivity index (χ4n) is 2.17. The standard InChI is InChI=1S/C13H14F2N2O4/c1-20-8-4-3-7(5-9(8)21-2)6-13(10(14)15)11(18)16-12(19)17-13/h3-5,10H,6H2,1-2H3,(H2,16,17,18,19). The van der Waals surface area contributed by atoms with E-state index in [-0.39, 0.29) is 6.42 Å². The van der Waals surface area contributed by atoms with E-state index >= 15 is 0 Å². The molecular formula is C13H14F2N2O4. The minimum absolute atomic E-state index is 0.351. The Morgan fingerprint density at radius 1 is 1.19 bits per heavy atom. The molecule has 1 aliphatic heterocycles. The predicted molar refractivity (Wildman–Crippen MR) is 68.7 cm³/mol. The van der Waals surface area contributed by atoms with Gasteiger partial charge in [-0.05, 0) is 17.7 Å². The van der Waals surface area contributed by atoms with E-state index in [2.05, 4.69) is 0 Å². The molecule has 1 aromatic carbocycles. The summed E-state index contributed by atoms with van der Waals surface area (Å²) in [4.78, 5) is 22.9. The van der Waals surface area contributed by atoms with Crippen molar-refractivity contribution in [1.29, 1.82) is 0 Å². The number of alkyl halides is 2. The number of carbonyl (C=O) groups is 2. The molecule has 0 saturated carbocycles. The van der Waals surface area contributed by atoms with Crippen LogP contribution in [0.2, 0.25) is 0 Å². The maximum Gasteiger partial charge on any atom is 0.322 e. The molecule has 8 heteroatoms. The van der Waals surface area contributed by atoms with Gasteiger partial charge in [0.2, 0.25) is 0 Å². The molecule has 0 radical (unpaired) electrons. The highest BCUT2D eigenvalue weighted by molar-refractivity contribution is 6.07. The highest BCUT2D eigenvalue weighted by atomic mass is 19.3. The van der Waals surface area contributed by atoms with Gasteiger partial charge in [-0.1, -0.05) is 6.07 Å². The lowest BCUT2D eigenvalue weighted by Crippen LogP contribution is -2.54. The first kappa shape index (κ1) is 15.0. The molecule has 3 amide bonds. The smallest absolute Gasteiger partial charge is 0.322 e. The summed E-state index contributed by atoms with van der Waals surface area (Å²) in [7, 11) is 2.86. The summed E-state index contributed by atoms with van der Waals surface area (Å²) in [5.74, 6) is -0.256. The molecule has 1 aliphatic rings. The Morgan fingerprint density at radius 3 is 2.33 bits per heavy atom. The average molecular weight is 300 g/mol. The highest BCUT2D eigenvalue weighted by Crippen LogP contribution is 2.31. The molecule has 1 fully saturated rings. The molecule has 0 spiro atoms. The molecule has 2 rings (SSSR count). The third kappa shape index (κ3) is 2.61. The van der Waals surface area contributed by atoms with Crippen LogP contribution < -0.4 is 20.1 Å². The van der Waals surface area contributed by atoms with E-state index in [1.165, 1.54) is 26.4 Å². The zero-order chi connectivity index (χ0) is 15.6. The Kier molecular flexibility index (Phi) is 3.97.